The number of halogens is 1. The molecule has 0 bridgehead atoms. The highest BCUT2D eigenvalue weighted by molar-refractivity contribution is 9.11. The normalized spacial score (nSPS) is 17.5. The van der Waals surface area contributed by atoms with Crippen LogP contribution in [0.25, 0.3) is 0 Å². The van der Waals surface area contributed by atoms with Gasteiger partial charge in [-0.05, 0) is 19.4 Å². The molecule has 1 aromatic carbocycles. The number of rotatable bonds is 4. The van der Waals surface area contributed by atoms with Gasteiger partial charge in [0.15, 0.2) is 13.5 Å². The SMILES string of the molecule is CCS(=O)(=O)[C@](C)(Br)[C@@H](O)c1cccc(C)c1. The third-order valence-corrected chi connectivity index (χ3v) is 6.95. The summed E-state index contributed by atoms with van der Waals surface area (Å²) in [6, 6.07) is 7.21. The Morgan fingerprint density at radius 2 is 2.06 bits per heavy atom. The quantitative estimate of drug-likeness (QED) is 0.867. The minimum atomic E-state index is -3.39. The van der Waals surface area contributed by atoms with Crippen LogP contribution in [0, 0.1) is 6.92 Å². The number of aliphatic hydroxyl groups excluding tert-OH is 1. The second kappa shape index (κ2) is 5.08. The fraction of sp³-hybridized carbons (Fsp3) is 0.500. The molecular weight excluding hydrogens is 304 g/mol. The van der Waals surface area contributed by atoms with Crippen molar-refractivity contribution >= 4 is 25.8 Å². The Kier molecular flexibility index (Phi) is 4.38. The molecule has 0 aliphatic heterocycles. The van der Waals surface area contributed by atoms with E-state index >= 15 is 0 Å². The van der Waals surface area contributed by atoms with Crippen molar-refractivity contribution in [1.82, 2.24) is 0 Å². The molecule has 0 unspecified atom stereocenters. The van der Waals surface area contributed by atoms with E-state index in [1.807, 2.05) is 13.0 Å². The van der Waals surface area contributed by atoms with Crippen LogP contribution < -0.4 is 0 Å². The van der Waals surface area contributed by atoms with Crippen LogP contribution >= 0.6 is 15.9 Å². The Morgan fingerprint density at radius 1 is 1.47 bits per heavy atom. The molecule has 0 saturated carbocycles. The highest BCUT2D eigenvalue weighted by atomic mass is 79.9. The lowest BCUT2D eigenvalue weighted by molar-refractivity contribution is 0.167. The van der Waals surface area contributed by atoms with Crippen LogP contribution in [0.3, 0.4) is 0 Å². The van der Waals surface area contributed by atoms with Gasteiger partial charge >= 0.3 is 0 Å². The highest BCUT2D eigenvalue weighted by Gasteiger charge is 2.42. The van der Waals surface area contributed by atoms with Crippen LogP contribution in [0.2, 0.25) is 0 Å². The lowest BCUT2D eigenvalue weighted by Gasteiger charge is -2.28. The molecule has 96 valence electrons. The van der Waals surface area contributed by atoms with Crippen molar-refractivity contribution in [1.29, 1.82) is 0 Å². The average molecular weight is 321 g/mol. The first kappa shape index (κ1) is 14.7. The summed E-state index contributed by atoms with van der Waals surface area (Å²) in [5, 5.41) is 10.2. The molecule has 1 N–H and O–H groups in total. The first-order chi connectivity index (χ1) is 7.72. The van der Waals surface area contributed by atoms with Crippen LogP contribution in [-0.2, 0) is 9.84 Å². The fourth-order valence-electron chi connectivity index (χ4n) is 1.59. The monoisotopic (exact) mass is 320 g/mol. The van der Waals surface area contributed by atoms with Crippen molar-refractivity contribution in [2.75, 3.05) is 5.75 Å². The summed E-state index contributed by atoms with van der Waals surface area (Å²) in [6.45, 7) is 4.95. The van der Waals surface area contributed by atoms with Gasteiger partial charge in [0.2, 0.25) is 0 Å². The van der Waals surface area contributed by atoms with Gasteiger partial charge < -0.3 is 5.11 Å². The number of aryl methyl sites for hydroxylation is 1. The van der Waals surface area contributed by atoms with Gasteiger partial charge in [-0.15, -0.1) is 0 Å². The summed E-state index contributed by atoms with van der Waals surface area (Å²) in [6.07, 6.45) is -1.09. The second-order valence-corrected chi connectivity index (χ2v) is 9.03. The third kappa shape index (κ3) is 2.89. The number of aliphatic hydroxyl groups is 1. The van der Waals surface area contributed by atoms with Gasteiger partial charge in [0, 0.05) is 5.75 Å². The zero-order chi connectivity index (χ0) is 13.3. The Bertz CT molecular complexity index is 494. The first-order valence-electron chi connectivity index (χ1n) is 5.38. The number of benzene rings is 1. The Hall–Kier alpha value is -0.390. The number of hydrogen-bond donors (Lipinski definition) is 1. The highest BCUT2D eigenvalue weighted by Crippen LogP contribution is 2.38. The molecule has 1 aromatic rings. The van der Waals surface area contributed by atoms with Crippen molar-refractivity contribution < 1.29 is 13.5 Å². The molecule has 0 saturated heterocycles. The summed E-state index contributed by atoms with van der Waals surface area (Å²) in [7, 11) is -3.39. The lowest BCUT2D eigenvalue weighted by Crippen LogP contribution is -2.36. The molecular formula is C12H17BrO3S. The minimum Gasteiger partial charge on any atom is -0.386 e. The van der Waals surface area contributed by atoms with E-state index < -0.39 is 19.6 Å². The van der Waals surface area contributed by atoms with E-state index in [1.54, 1.807) is 25.1 Å². The minimum absolute atomic E-state index is 0.0162. The van der Waals surface area contributed by atoms with E-state index in [9.17, 15) is 13.5 Å². The molecule has 2 atom stereocenters. The van der Waals surface area contributed by atoms with E-state index in [4.69, 9.17) is 0 Å². The van der Waals surface area contributed by atoms with Crippen LogP contribution in [-0.4, -0.2) is 22.9 Å². The predicted molar refractivity (Wildman–Crippen MR) is 72.9 cm³/mol. The van der Waals surface area contributed by atoms with Gasteiger partial charge in [-0.3, -0.25) is 0 Å². The lowest BCUT2D eigenvalue weighted by atomic mass is 10.0. The van der Waals surface area contributed by atoms with E-state index in [0.29, 0.717) is 5.56 Å². The summed E-state index contributed by atoms with van der Waals surface area (Å²) >= 11 is 3.15. The Labute approximate surface area is 111 Å². The van der Waals surface area contributed by atoms with Crippen LogP contribution in [0.1, 0.15) is 31.1 Å². The largest absolute Gasteiger partial charge is 0.386 e. The maximum absolute atomic E-state index is 11.9. The maximum atomic E-state index is 11.9. The molecule has 3 nitrogen and oxygen atoms in total. The molecule has 0 aliphatic rings. The van der Waals surface area contributed by atoms with E-state index in [2.05, 4.69) is 15.9 Å². The second-order valence-electron chi connectivity index (χ2n) is 4.21. The molecule has 0 spiro atoms. The van der Waals surface area contributed by atoms with Crippen molar-refractivity contribution in [3.63, 3.8) is 0 Å². The summed E-state index contributed by atoms with van der Waals surface area (Å²) in [5.74, 6) is -0.0162. The molecule has 0 aromatic heterocycles. The van der Waals surface area contributed by atoms with E-state index in [0.717, 1.165) is 5.56 Å². The molecule has 5 heteroatoms. The van der Waals surface area contributed by atoms with Gasteiger partial charge in [0.25, 0.3) is 0 Å². The number of sulfone groups is 1. The molecule has 0 heterocycles. The smallest absolute Gasteiger partial charge is 0.168 e. The topological polar surface area (TPSA) is 54.4 Å². The Morgan fingerprint density at radius 3 is 2.53 bits per heavy atom. The van der Waals surface area contributed by atoms with Crippen LogP contribution in [0.15, 0.2) is 24.3 Å². The van der Waals surface area contributed by atoms with Gasteiger partial charge in [0.05, 0.1) is 0 Å². The Balaban J connectivity index is 3.17. The molecule has 0 fully saturated rings. The molecule has 17 heavy (non-hydrogen) atoms. The summed E-state index contributed by atoms with van der Waals surface area (Å²) in [5.41, 5.74) is 1.58. The van der Waals surface area contributed by atoms with Crippen LogP contribution in [0.5, 0.6) is 0 Å². The first-order valence-corrected chi connectivity index (χ1v) is 7.82. The van der Waals surface area contributed by atoms with Gasteiger partial charge in [-0.25, -0.2) is 8.42 Å². The molecule has 0 amide bonds. The van der Waals surface area contributed by atoms with Crippen molar-refractivity contribution in [3.05, 3.63) is 35.4 Å². The van der Waals surface area contributed by atoms with Crippen molar-refractivity contribution in [3.8, 4) is 0 Å². The van der Waals surface area contributed by atoms with E-state index in [-0.39, 0.29) is 5.75 Å². The van der Waals surface area contributed by atoms with Crippen molar-refractivity contribution in [2.45, 2.75) is 30.5 Å². The van der Waals surface area contributed by atoms with Gasteiger partial charge in [-0.1, -0.05) is 52.7 Å². The molecule has 1 rings (SSSR count). The summed E-state index contributed by atoms with van der Waals surface area (Å²) < 4.78 is 22.5. The number of alkyl halides is 1. The molecule has 0 aliphatic carbocycles. The predicted octanol–water partition coefficient (Wildman–Crippen LogP) is 2.57. The zero-order valence-electron chi connectivity index (χ0n) is 10.1. The van der Waals surface area contributed by atoms with Crippen molar-refractivity contribution in [2.24, 2.45) is 0 Å². The van der Waals surface area contributed by atoms with Crippen LogP contribution in [0.4, 0.5) is 0 Å². The van der Waals surface area contributed by atoms with Gasteiger partial charge in [-0.2, -0.15) is 0 Å². The number of hydrogen-bond acceptors (Lipinski definition) is 3. The standard InChI is InChI=1S/C12H17BrO3S/c1-4-17(15,16)12(3,13)11(14)10-7-5-6-9(2)8-10/h5-8,11,14H,4H2,1-3H3/t11-,12-/m0/s1. The molecule has 0 radical (unpaired) electrons. The fourth-order valence-corrected chi connectivity index (χ4v) is 3.58. The average Bonchev–Trinajstić information content (AvgIpc) is 2.27. The zero-order valence-corrected chi connectivity index (χ0v) is 12.5. The third-order valence-electron chi connectivity index (χ3n) is 2.83. The summed E-state index contributed by atoms with van der Waals surface area (Å²) in [4.78, 5) is 0. The van der Waals surface area contributed by atoms with Gasteiger partial charge in [0.1, 0.15) is 6.10 Å². The maximum Gasteiger partial charge on any atom is 0.168 e. The van der Waals surface area contributed by atoms with E-state index in [1.165, 1.54) is 6.92 Å².